The van der Waals surface area contributed by atoms with E-state index in [-0.39, 0.29) is 6.10 Å². The molecule has 1 atom stereocenters. The lowest BCUT2D eigenvalue weighted by Crippen LogP contribution is -2.14. The Labute approximate surface area is 119 Å². The van der Waals surface area contributed by atoms with Crippen LogP contribution in [0.3, 0.4) is 0 Å². The van der Waals surface area contributed by atoms with Crippen LogP contribution in [0.5, 0.6) is 0 Å². The summed E-state index contributed by atoms with van der Waals surface area (Å²) in [7, 11) is 0. The second kappa shape index (κ2) is 7.77. The maximum Gasteiger partial charge on any atom is 0.240 e. The lowest BCUT2D eigenvalue weighted by molar-refractivity contribution is 0.0833. The zero-order valence-corrected chi connectivity index (χ0v) is 12.0. The zero-order chi connectivity index (χ0) is 14.2. The van der Waals surface area contributed by atoms with E-state index in [1.807, 2.05) is 37.3 Å². The molecule has 0 radical (unpaired) electrons. The predicted molar refractivity (Wildman–Crippen MR) is 76.2 cm³/mol. The second-order valence-electron chi connectivity index (χ2n) is 4.47. The number of rotatable bonds is 8. The first kappa shape index (κ1) is 14.7. The molecule has 0 fully saturated rings. The van der Waals surface area contributed by atoms with Gasteiger partial charge in [0.2, 0.25) is 11.7 Å². The maximum atomic E-state index is 5.75. The first-order valence-corrected chi connectivity index (χ1v) is 7.04. The maximum absolute atomic E-state index is 5.75. The number of benzene rings is 1. The number of nitrogens with zero attached hydrogens (tertiary/aromatic N) is 2. The standard InChI is InChI=1S/C15H21N3O2/c1-3-10-16-11-13-17-15(18-20-13)14(19-4-2)12-8-6-5-7-9-12/h5-9,14,16H,3-4,10-11H2,1-2H3. The highest BCUT2D eigenvalue weighted by Crippen LogP contribution is 2.23. The van der Waals surface area contributed by atoms with Crippen molar-refractivity contribution in [3.8, 4) is 0 Å². The highest BCUT2D eigenvalue weighted by atomic mass is 16.5. The summed E-state index contributed by atoms with van der Waals surface area (Å²) in [5, 5.41) is 7.28. The van der Waals surface area contributed by atoms with E-state index in [4.69, 9.17) is 9.26 Å². The Bertz CT molecular complexity index is 499. The van der Waals surface area contributed by atoms with Gasteiger partial charge >= 0.3 is 0 Å². The van der Waals surface area contributed by atoms with Gasteiger partial charge in [0.25, 0.3) is 0 Å². The minimum Gasteiger partial charge on any atom is -0.366 e. The lowest BCUT2D eigenvalue weighted by Gasteiger charge is -2.13. The fourth-order valence-electron chi connectivity index (χ4n) is 1.93. The van der Waals surface area contributed by atoms with Gasteiger partial charge in [0.15, 0.2) is 0 Å². The quantitative estimate of drug-likeness (QED) is 0.751. The molecule has 0 aliphatic rings. The van der Waals surface area contributed by atoms with Crippen molar-refractivity contribution in [1.82, 2.24) is 15.5 Å². The van der Waals surface area contributed by atoms with Crippen LogP contribution in [0.15, 0.2) is 34.9 Å². The van der Waals surface area contributed by atoms with Crippen molar-refractivity contribution in [1.29, 1.82) is 0 Å². The smallest absolute Gasteiger partial charge is 0.240 e. The van der Waals surface area contributed by atoms with Crippen LogP contribution in [-0.4, -0.2) is 23.3 Å². The van der Waals surface area contributed by atoms with E-state index in [1.54, 1.807) is 0 Å². The van der Waals surface area contributed by atoms with Crippen molar-refractivity contribution >= 4 is 0 Å². The molecule has 0 saturated carbocycles. The van der Waals surface area contributed by atoms with E-state index in [2.05, 4.69) is 22.4 Å². The summed E-state index contributed by atoms with van der Waals surface area (Å²) in [4.78, 5) is 4.41. The molecule has 0 saturated heterocycles. The Balaban J connectivity index is 2.10. The monoisotopic (exact) mass is 275 g/mol. The second-order valence-corrected chi connectivity index (χ2v) is 4.47. The van der Waals surface area contributed by atoms with Crippen molar-refractivity contribution in [2.75, 3.05) is 13.2 Å². The molecule has 1 N–H and O–H groups in total. The Morgan fingerprint density at radius 1 is 1.25 bits per heavy atom. The van der Waals surface area contributed by atoms with Crippen molar-refractivity contribution < 1.29 is 9.26 Å². The molecule has 0 aliphatic carbocycles. The van der Waals surface area contributed by atoms with Gasteiger partial charge < -0.3 is 14.6 Å². The number of nitrogens with one attached hydrogen (secondary N) is 1. The molecule has 2 rings (SSSR count). The summed E-state index contributed by atoms with van der Waals surface area (Å²) in [6.45, 7) is 6.20. The summed E-state index contributed by atoms with van der Waals surface area (Å²) in [6.07, 6.45) is 0.803. The van der Waals surface area contributed by atoms with Crippen LogP contribution in [0.25, 0.3) is 0 Å². The minimum absolute atomic E-state index is 0.273. The Morgan fingerprint density at radius 3 is 2.75 bits per heavy atom. The molecule has 20 heavy (non-hydrogen) atoms. The molecule has 5 nitrogen and oxygen atoms in total. The highest BCUT2D eigenvalue weighted by Gasteiger charge is 2.20. The van der Waals surface area contributed by atoms with Gasteiger partial charge in [-0.25, -0.2) is 0 Å². The zero-order valence-electron chi connectivity index (χ0n) is 12.0. The largest absolute Gasteiger partial charge is 0.366 e. The van der Waals surface area contributed by atoms with Gasteiger partial charge in [-0.3, -0.25) is 0 Å². The molecule has 1 aromatic heterocycles. The van der Waals surface area contributed by atoms with Gasteiger partial charge in [-0.1, -0.05) is 42.4 Å². The average Bonchev–Trinajstić information content (AvgIpc) is 2.94. The molecule has 1 aromatic carbocycles. The molecule has 2 aromatic rings. The minimum atomic E-state index is -0.273. The SMILES string of the molecule is CCCNCc1nc(C(OCC)c2ccccc2)no1. The van der Waals surface area contributed by atoms with E-state index in [9.17, 15) is 0 Å². The molecular formula is C15H21N3O2. The van der Waals surface area contributed by atoms with Crippen LogP contribution in [0.4, 0.5) is 0 Å². The van der Waals surface area contributed by atoms with E-state index in [0.717, 1.165) is 18.5 Å². The van der Waals surface area contributed by atoms with Gasteiger partial charge in [-0.2, -0.15) is 4.98 Å². The average molecular weight is 275 g/mol. The predicted octanol–water partition coefficient (Wildman–Crippen LogP) is 2.70. The van der Waals surface area contributed by atoms with Gasteiger partial charge in [0, 0.05) is 6.61 Å². The van der Waals surface area contributed by atoms with Crippen molar-refractivity contribution in [2.24, 2.45) is 0 Å². The first-order valence-electron chi connectivity index (χ1n) is 7.04. The molecule has 108 valence electrons. The van der Waals surface area contributed by atoms with Crippen LogP contribution >= 0.6 is 0 Å². The lowest BCUT2D eigenvalue weighted by atomic mass is 10.1. The number of hydrogen-bond acceptors (Lipinski definition) is 5. The van der Waals surface area contributed by atoms with Crippen LogP contribution < -0.4 is 5.32 Å². The van der Waals surface area contributed by atoms with Crippen LogP contribution in [-0.2, 0) is 11.3 Å². The molecule has 0 spiro atoms. The highest BCUT2D eigenvalue weighted by molar-refractivity contribution is 5.22. The third-order valence-corrected chi connectivity index (χ3v) is 2.86. The molecular weight excluding hydrogens is 254 g/mol. The van der Waals surface area contributed by atoms with E-state index in [1.165, 1.54) is 0 Å². The van der Waals surface area contributed by atoms with Gasteiger partial charge in [-0.15, -0.1) is 0 Å². The number of ether oxygens (including phenoxy) is 1. The van der Waals surface area contributed by atoms with Crippen LogP contribution in [0, 0.1) is 0 Å². The third kappa shape index (κ3) is 3.88. The normalized spacial score (nSPS) is 12.5. The molecule has 0 amide bonds. The van der Waals surface area contributed by atoms with Gasteiger partial charge in [0.05, 0.1) is 6.54 Å². The number of aromatic nitrogens is 2. The topological polar surface area (TPSA) is 60.2 Å². The van der Waals surface area contributed by atoms with E-state index in [0.29, 0.717) is 24.9 Å². The fraction of sp³-hybridized carbons (Fsp3) is 0.467. The molecule has 0 bridgehead atoms. The Kier molecular flexibility index (Phi) is 5.70. The van der Waals surface area contributed by atoms with Crippen molar-refractivity contribution in [3.05, 3.63) is 47.6 Å². The Hall–Kier alpha value is -1.72. The van der Waals surface area contributed by atoms with Gasteiger partial charge in [-0.05, 0) is 25.5 Å². The van der Waals surface area contributed by atoms with E-state index >= 15 is 0 Å². The molecule has 1 heterocycles. The van der Waals surface area contributed by atoms with Crippen LogP contribution in [0.2, 0.25) is 0 Å². The van der Waals surface area contributed by atoms with Gasteiger partial charge in [0.1, 0.15) is 6.10 Å². The summed E-state index contributed by atoms with van der Waals surface area (Å²) in [5.74, 6) is 1.17. The summed E-state index contributed by atoms with van der Waals surface area (Å²) in [5.41, 5.74) is 1.03. The van der Waals surface area contributed by atoms with Crippen molar-refractivity contribution in [3.63, 3.8) is 0 Å². The van der Waals surface area contributed by atoms with Crippen LogP contribution in [0.1, 0.15) is 43.7 Å². The number of hydrogen-bond donors (Lipinski definition) is 1. The summed E-state index contributed by atoms with van der Waals surface area (Å²) in [6, 6.07) is 9.94. The summed E-state index contributed by atoms with van der Waals surface area (Å²) < 4.78 is 11.0. The molecule has 1 unspecified atom stereocenters. The fourth-order valence-corrected chi connectivity index (χ4v) is 1.93. The summed E-state index contributed by atoms with van der Waals surface area (Å²) >= 11 is 0. The molecule has 0 aliphatic heterocycles. The first-order chi connectivity index (χ1) is 9.85. The van der Waals surface area contributed by atoms with Crippen molar-refractivity contribution in [2.45, 2.75) is 32.9 Å². The third-order valence-electron chi connectivity index (χ3n) is 2.86. The van der Waals surface area contributed by atoms with E-state index < -0.39 is 0 Å². The Morgan fingerprint density at radius 2 is 2.05 bits per heavy atom. The molecule has 5 heteroatoms.